The number of rotatable bonds is 4. The molecule has 2 bridgehead atoms. The molecular weight excluding hydrogens is 236 g/mol. The summed E-state index contributed by atoms with van der Waals surface area (Å²) in [6.07, 6.45) is 11.6. The number of piperidine rings is 1. The summed E-state index contributed by atoms with van der Waals surface area (Å²) in [5.41, 5.74) is 7.77. The highest BCUT2D eigenvalue weighted by molar-refractivity contribution is 5.04. The van der Waals surface area contributed by atoms with Crippen molar-refractivity contribution in [2.75, 3.05) is 7.05 Å². The van der Waals surface area contributed by atoms with Crippen LogP contribution >= 0.6 is 0 Å². The Labute approximate surface area is 116 Å². The molecule has 2 aliphatic rings. The van der Waals surface area contributed by atoms with Crippen molar-refractivity contribution < 1.29 is 0 Å². The molecule has 0 radical (unpaired) electrons. The molecule has 1 aromatic heterocycles. The van der Waals surface area contributed by atoms with Gasteiger partial charge in [0.15, 0.2) is 0 Å². The lowest BCUT2D eigenvalue weighted by atomic mass is 9.83. The van der Waals surface area contributed by atoms with Gasteiger partial charge in [0.25, 0.3) is 0 Å². The van der Waals surface area contributed by atoms with Gasteiger partial charge in [0.1, 0.15) is 0 Å². The standard InChI is InChI=1S/C15H26N4/c1-18-10-11(9-17-18)3-6-15(16)12-7-13-4-5-14(8-12)19(13)2/h9-10,12-15H,3-8,16H2,1-2H3. The Hall–Kier alpha value is -0.870. The molecule has 2 saturated heterocycles. The number of aryl methyl sites for hydroxylation is 2. The van der Waals surface area contributed by atoms with Crippen molar-refractivity contribution in [3.63, 3.8) is 0 Å². The average molecular weight is 262 g/mol. The lowest BCUT2D eigenvalue weighted by molar-refractivity contribution is 0.119. The minimum Gasteiger partial charge on any atom is -0.327 e. The van der Waals surface area contributed by atoms with Gasteiger partial charge in [-0.1, -0.05) is 0 Å². The van der Waals surface area contributed by atoms with Crippen LogP contribution in [0.2, 0.25) is 0 Å². The number of nitrogens with two attached hydrogens (primary N) is 1. The van der Waals surface area contributed by atoms with E-state index in [1.165, 1.54) is 31.2 Å². The van der Waals surface area contributed by atoms with E-state index in [0.29, 0.717) is 6.04 Å². The minimum atomic E-state index is 0.358. The van der Waals surface area contributed by atoms with Gasteiger partial charge in [-0.3, -0.25) is 4.68 Å². The lowest BCUT2D eigenvalue weighted by Gasteiger charge is -2.38. The molecule has 0 aliphatic carbocycles. The first-order valence-corrected chi connectivity index (χ1v) is 7.58. The second-order valence-electron chi connectivity index (χ2n) is 6.51. The van der Waals surface area contributed by atoms with Gasteiger partial charge in [-0.25, -0.2) is 0 Å². The first kappa shape index (κ1) is 13.1. The van der Waals surface area contributed by atoms with Gasteiger partial charge >= 0.3 is 0 Å². The van der Waals surface area contributed by atoms with Crippen molar-refractivity contribution in [1.82, 2.24) is 14.7 Å². The Kier molecular flexibility index (Phi) is 3.63. The van der Waals surface area contributed by atoms with Gasteiger partial charge in [-0.2, -0.15) is 5.10 Å². The van der Waals surface area contributed by atoms with Gasteiger partial charge in [0, 0.05) is 31.4 Å². The molecule has 3 atom stereocenters. The first-order valence-electron chi connectivity index (χ1n) is 7.58. The van der Waals surface area contributed by atoms with Crippen molar-refractivity contribution >= 4 is 0 Å². The summed E-state index contributed by atoms with van der Waals surface area (Å²) in [6, 6.07) is 1.96. The van der Waals surface area contributed by atoms with E-state index in [4.69, 9.17) is 5.73 Å². The highest BCUT2D eigenvalue weighted by Crippen LogP contribution is 2.38. The summed E-state index contributed by atoms with van der Waals surface area (Å²) >= 11 is 0. The Morgan fingerprint density at radius 3 is 2.58 bits per heavy atom. The molecule has 2 aliphatic heterocycles. The zero-order valence-electron chi connectivity index (χ0n) is 12.1. The highest BCUT2D eigenvalue weighted by Gasteiger charge is 2.39. The predicted octanol–water partition coefficient (Wildman–Crippen LogP) is 1.55. The van der Waals surface area contributed by atoms with Crippen LogP contribution in [0.4, 0.5) is 0 Å². The fraction of sp³-hybridized carbons (Fsp3) is 0.800. The number of nitrogens with zero attached hydrogens (tertiary/aromatic N) is 3. The van der Waals surface area contributed by atoms with E-state index >= 15 is 0 Å². The maximum Gasteiger partial charge on any atom is 0.0521 e. The summed E-state index contributed by atoms with van der Waals surface area (Å²) in [5, 5.41) is 4.22. The molecular formula is C15H26N4. The Balaban J connectivity index is 1.52. The fourth-order valence-corrected chi connectivity index (χ4v) is 3.97. The van der Waals surface area contributed by atoms with Crippen LogP contribution in [0.15, 0.2) is 12.4 Å². The highest BCUT2D eigenvalue weighted by atomic mass is 15.2. The zero-order valence-corrected chi connectivity index (χ0v) is 12.1. The quantitative estimate of drug-likeness (QED) is 0.895. The second-order valence-corrected chi connectivity index (χ2v) is 6.51. The third kappa shape index (κ3) is 2.70. The van der Waals surface area contributed by atoms with E-state index in [-0.39, 0.29) is 0 Å². The van der Waals surface area contributed by atoms with Crippen LogP contribution in [-0.2, 0) is 13.5 Å². The molecule has 3 rings (SSSR count). The molecule has 3 unspecified atom stereocenters. The van der Waals surface area contributed by atoms with E-state index in [1.54, 1.807) is 0 Å². The summed E-state index contributed by atoms with van der Waals surface area (Å²) in [4.78, 5) is 2.59. The van der Waals surface area contributed by atoms with Crippen LogP contribution in [0, 0.1) is 5.92 Å². The summed E-state index contributed by atoms with van der Waals surface area (Å²) in [5.74, 6) is 0.727. The normalized spacial score (nSPS) is 32.7. The van der Waals surface area contributed by atoms with Crippen molar-refractivity contribution in [3.8, 4) is 0 Å². The van der Waals surface area contributed by atoms with Crippen LogP contribution in [0.5, 0.6) is 0 Å². The van der Waals surface area contributed by atoms with Crippen LogP contribution in [-0.4, -0.2) is 39.9 Å². The summed E-state index contributed by atoms with van der Waals surface area (Å²) in [6.45, 7) is 0. The molecule has 0 saturated carbocycles. The van der Waals surface area contributed by atoms with E-state index in [1.807, 2.05) is 17.9 Å². The molecule has 3 heterocycles. The minimum absolute atomic E-state index is 0.358. The maximum atomic E-state index is 6.46. The smallest absolute Gasteiger partial charge is 0.0521 e. The molecule has 0 amide bonds. The Bertz CT molecular complexity index is 414. The largest absolute Gasteiger partial charge is 0.327 e. The van der Waals surface area contributed by atoms with Gasteiger partial charge < -0.3 is 10.6 Å². The van der Waals surface area contributed by atoms with E-state index in [2.05, 4.69) is 23.2 Å². The molecule has 19 heavy (non-hydrogen) atoms. The van der Waals surface area contributed by atoms with E-state index in [9.17, 15) is 0 Å². The number of hydrogen-bond acceptors (Lipinski definition) is 3. The SMILES string of the molecule is CN1C2CCC1CC(C(N)CCc1cnn(C)c1)C2. The topological polar surface area (TPSA) is 47.1 Å². The average Bonchev–Trinajstić information content (AvgIpc) is 2.86. The van der Waals surface area contributed by atoms with Crippen molar-refractivity contribution in [2.24, 2.45) is 18.7 Å². The summed E-state index contributed by atoms with van der Waals surface area (Å²) in [7, 11) is 4.26. The van der Waals surface area contributed by atoms with Crippen molar-refractivity contribution in [1.29, 1.82) is 0 Å². The molecule has 0 aromatic carbocycles. The Morgan fingerprint density at radius 2 is 2.00 bits per heavy atom. The third-order valence-electron chi connectivity index (χ3n) is 5.26. The van der Waals surface area contributed by atoms with Gasteiger partial charge in [0.05, 0.1) is 6.20 Å². The number of hydrogen-bond donors (Lipinski definition) is 1. The van der Waals surface area contributed by atoms with Crippen molar-refractivity contribution in [2.45, 2.75) is 56.7 Å². The van der Waals surface area contributed by atoms with Crippen LogP contribution in [0.3, 0.4) is 0 Å². The van der Waals surface area contributed by atoms with Gasteiger partial charge in [0.2, 0.25) is 0 Å². The van der Waals surface area contributed by atoms with Crippen LogP contribution < -0.4 is 5.73 Å². The maximum absolute atomic E-state index is 6.46. The molecule has 0 spiro atoms. The summed E-state index contributed by atoms with van der Waals surface area (Å²) < 4.78 is 1.87. The van der Waals surface area contributed by atoms with Gasteiger partial charge in [-0.15, -0.1) is 0 Å². The van der Waals surface area contributed by atoms with Gasteiger partial charge in [-0.05, 0) is 57.1 Å². The van der Waals surface area contributed by atoms with Crippen LogP contribution in [0.25, 0.3) is 0 Å². The molecule has 2 N–H and O–H groups in total. The van der Waals surface area contributed by atoms with Crippen LogP contribution in [0.1, 0.15) is 37.7 Å². The molecule has 1 aromatic rings. The lowest BCUT2D eigenvalue weighted by Crippen LogP contribution is -2.45. The molecule has 106 valence electrons. The monoisotopic (exact) mass is 262 g/mol. The Morgan fingerprint density at radius 1 is 1.32 bits per heavy atom. The first-order chi connectivity index (χ1) is 9.13. The van der Waals surface area contributed by atoms with E-state index < -0.39 is 0 Å². The van der Waals surface area contributed by atoms with E-state index in [0.717, 1.165) is 30.8 Å². The zero-order chi connectivity index (χ0) is 13.4. The third-order valence-corrected chi connectivity index (χ3v) is 5.26. The predicted molar refractivity (Wildman–Crippen MR) is 76.8 cm³/mol. The molecule has 2 fully saturated rings. The fourth-order valence-electron chi connectivity index (χ4n) is 3.97. The molecule has 4 nitrogen and oxygen atoms in total. The second kappa shape index (κ2) is 5.25. The molecule has 4 heteroatoms. The number of fused-ring (bicyclic) bond motifs is 2. The van der Waals surface area contributed by atoms with Crippen molar-refractivity contribution in [3.05, 3.63) is 18.0 Å². The number of aromatic nitrogens is 2.